The third-order valence-corrected chi connectivity index (χ3v) is 0.435. The second-order valence-electron chi connectivity index (χ2n) is 0.960. The zero-order valence-corrected chi connectivity index (χ0v) is 4.71. The lowest BCUT2D eigenvalue weighted by molar-refractivity contribution is 0.160. The highest BCUT2D eigenvalue weighted by molar-refractivity contribution is 5.67. The number of nitrogens with zero attached hydrogens (tertiary/aromatic N) is 6. The van der Waals surface area contributed by atoms with Crippen LogP contribution in [0.2, 0.25) is 0 Å². The van der Waals surface area contributed by atoms with Crippen molar-refractivity contribution in [1.29, 1.82) is 0 Å². The molecule has 0 atom stereocenters. The smallest absolute Gasteiger partial charge is 0.396 e. The van der Waals surface area contributed by atoms with Crippen LogP contribution in [0.3, 0.4) is 0 Å². The predicted octanol–water partition coefficient (Wildman–Crippen LogP) is 1.70. The summed E-state index contributed by atoms with van der Waals surface area (Å²) in [5.41, 5.74) is 15.3. The van der Waals surface area contributed by atoms with Gasteiger partial charge in [-0.3, -0.25) is 0 Å². The van der Waals surface area contributed by atoms with E-state index in [0.717, 1.165) is 0 Å². The number of rotatable bonds is 2. The molecule has 0 aromatic rings. The maximum absolute atomic E-state index is 10.1. The third-order valence-electron chi connectivity index (χ3n) is 0.435. The lowest BCUT2D eigenvalue weighted by Crippen LogP contribution is -1.95. The Morgan fingerprint density at radius 1 is 1.50 bits per heavy atom. The number of carbonyl (C=O) groups is 1. The van der Waals surface area contributed by atoms with Crippen molar-refractivity contribution in [1.82, 2.24) is 0 Å². The number of ether oxygens (including phenoxy) is 1. The van der Waals surface area contributed by atoms with Crippen molar-refractivity contribution in [2.45, 2.75) is 0 Å². The molecule has 0 fully saturated rings. The highest BCUT2D eigenvalue weighted by atomic mass is 16.6. The third kappa shape index (κ3) is 4.25. The summed E-state index contributed by atoms with van der Waals surface area (Å²) < 4.78 is 4.04. The van der Waals surface area contributed by atoms with E-state index < -0.39 is 12.8 Å². The zero-order valence-electron chi connectivity index (χ0n) is 4.71. The largest absolute Gasteiger partial charge is 0.455 e. The van der Waals surface area contributed by atoms with Gasteiger partial charge in [-0.05, 0) is 11.1 Å². The van der Waals surface area contributed by atoms with Gasteiger partial charge in [0.25, 0.3) is 0 Å². The number of hydrogen-bond donors (Lipinski definition) is 0. The number of hydrogen-bond acceptors (Lipinski definition) is 3. The molecule has 0 saturated heterocycles. The minimum atomic E-state index is -1.12. The van der Waals surface area contributed by atoms with Crippen molar-refractivity contribution in [3.8, 4) is 0 Å². The maximum Gasteiger partial charge on any atom is 0.396 e. The molecule has 0 aromatic carbocycles. The number of amides is 1. The monoisotopic (exact) mass is 142 g/mol. The van der Waals surface area contributed by atoms with Crippen molar-refractivity contribution < 1.29 is 9.53 Å². The number of carbonyl (C=O) groups excluding carboxylic acids is 1. The van der Waals surface area contributed by atoms with E-state index >= 15 is 0 Å². The van der Waals surface area contributed by atoms with Crippen LogP contribution in [0.1, 0.15) is 0 Å². The second-order valence-corrected chi connectivity index (χ2v) is 0.960. The van der Waals surface area contributed by atoms with Gasteiger partial charge in [0.2, 0.25) is 0 Å². The Morgan fingerprint density at radius 2 is 2.20 bits per heavy atom. The fraction of sp³-hybridized carbons (Fsp3) is 0.500. The first-order valence-corrected chi connectivity index (χ1v) is 2.04. The Balaban J connectivity index is 3.59. The molecule has 10 heavy (non-hydrogen) atoms. The minimum Gasteiger partial charge on any atom is -0.455 e. The van der Waals surface area contributed by atoms with E-state index in [1.807, 2.05) is 0 Å². The summed E-state index contributed by atoms with van der Waals surface area (Å²) in [6.45, 7) is -0.464. The van der Waals surface area contributed by atoms with Gasteiger partial charge in [-0.1, -0.05) is 5.11 Å². The predicted molar refractivity (Wildman–Crippen MR) is 29.6 cm³/mol. The standard InChI is InChI=1S/C2H2N6O2/c3-7-5-1-10-2(9)6-8-4/h1H2. The quantitative estimate of drug-likeness (QED) is 0.330. The summed E-state index contributed by atoms with van der Waals surface area (Å²) in [6.07, 6.45) is -1.12. The van der Waals surface area contributed by atoms with Gasteiger partial charge in [-0.2, -0.15) is 0 Å². The molecule has 0 bridgehead atoms. The van der Waals surface area contributed by atoms with E-state index in [2.05, 4.69) is 24.8 Å². The summed E-state index contributed by atoms with van der Waals surface area (Å²) in [5.74, 6) is 0. The van der Waals surface area contributed by atoms with Crippen LogP contribution < -0.4 is 0 Å². The van der Waals surface area contributed by atoms with Crippen LogP contribution in [0.4, 0.5) is 4.79 Å². The molecule has 0 N–H and O–H groups in total. The van der Waals surface area contributed by atoms with Crippen molar-refractivity contribution in [3.63, 3.8) is 0 Å². The molecule has 1 amide bonds. The molecule has 0 aliphatic rings. The molecule has 8 nitrogen and oxygen atoms in total. The molecule has 0 saturated carbocycles. The molecule has 52 valence electrons. The van der Waals surface area contributed by atoms with Crippen LogP contribution in [0, 0.1) is 0 Å². The first kappa shape index (κ1) is 8.09. The molecule has 8 heteroatoms. The molecular weight excluding hydrogens is 140 g/mol. The summed E-state index contributed by atoms with van der Waals surface area (Å²) in [7, 11) is 0. The van der Waals surface area contributed by atoms with Gasteiger partial charge in [0.15, 0.2) is 6.73 Å². The average Bonchev–Trinajstić information content (AvgIpc) is 1.89. The van der Waals surface area contributed by atoms with E-state index in [1.165, 1.54) is 0 Å². The molecule has 0 heterocycles. The van der Waals surface area contributed by atoms with Gasteiger partial charge >= 0.3 is 6.09 Å². The summed E-state index contributed by atoms with van der Waals surface area (Å²) in [6, 6.07) is 0. The van der Waals surface area contributed by atoms with Gasteiger partial charge in [0.05, 0.1) is 0 Å². The van der Waals surface area contributed by atoms with Gasteiger partial charge in [-0.15, -0.1) is 0 Å². The van der Waals surface area contributed by atoms with E-state index in [-0.39, 0.29) is 0 Å². The van der Waals surface area contributed by atoms with Crippen LogP contribution in [0.25, 0.3) is 20.9 Å². The fourth-order valence-electron chi connectivity index (χ4n) is 0.175. The van der Waals surface area contributed by atoms with Crippen LogP contribution in [-0.2, 0) is 4.74 Å². The molecule has 0 aliphatic carbocycles. The topological polar surface area (TPSA) is 124 Å². The second kappa shape index (κ2) is 5.23. The molecular formula is C2H2N6O2. The van der Waals surface area contributed by atoms with Gasteiger partial charge in [-0.25, -0.2) is 4.79 Å². The fourth-order valence-corrected chi connectivity index (χ4v) is 0.175. The van der Waals surface area contributed by atoms with Crippen LogP contribution >= 0.6 is 0 Å². The molecule has 0 radical (unpaired) electrons. The highest BCUT2D eigenvalue weighted by Crippen LogP contribution is 1.83. The summed E-state index contributed by atoms with van der Waals surface area (Å²) in [5, 5.41) is 5.38. The Morgan fingerprint density at radius 3 is 2.70 bits per heavy atom. The first-order chi connectivity index (χ1) is 4.81. The molecule has 0 aromatic heterocycles. The zero-order chi connectivity index (χ0) is 7.82. The Bertz CT molecular complexity index is 210. The van der Waals surface area contributed by atoms with E-state index in [1.54, 1.807) is 0 Å². The maximum atomic E-state index is 10.1. The Kier molecular flexibility index (Phi) is 4.23. The van der Waals surface area contributed by atoms with E-state index in [9.17, 15) is 4.79 Å². The molecule has 0 spiro atoms. The van der Waals surface area contributed by atoms with E-state index in [0.29, 0.717) is 0 Å². The lowest BCUT2D eigenvalue weighted by Gasteiger charge is -1.89. The van der Waals surface area contributed by atoms with Crippen LogP contribution in [0.15, 0.2) is 10.2 Å². The van der Waals surface area contributed by atoms with Crippen molar-refractivity contribution in [2.75, 3.05) is 6.73 Å². The van der Waals surface area contributed by atoms with Gasteiger partial charge < -0.3 is 4.74 Å². The molecule has 0 aliphatic heterocycles. The van der Waals surface area contributed by atoms with Crippen LogP contribution in [0.5, 0.6) is 0 Å². The van der Waals surface area contributed by atoms with Gasteiger partial charge in [0.1, 0.15) is 0 Å². The van der Waals surface area contributed by atoms with E-state index in [4.69, 9.17) is 11.1 Å². The Labute approximate surface area is 54.6 Å². The average molecular weight is 142 g/mol. The molecule has 0 unspecified atom stereocenters. The normalized spacial score (nSPS) is 6.80. The first-order valence-electron chi connectivity index (χ1n) is 2.04. The lowest BCUT2D eigenvalue weighted by atomic mass is 11.2. The number of azide groups is 2. The minimum absolute atomic E-state index is 0.464. The SMILES string of the molecule is [N-]=[N+]=NCOC(=O)N=[N+]=[N-]. The van der Waals surface area contributed by atoms with Crippen molar-refractivity contribution in [3.05, 3.63) is 20.9 Å². The summed E-state index contributed by atoms with van der Waals surface area (Å²) in [4.78, 5) is 14.5. The Hall–Kier alpha value is -1.91. The van der Waals surface area contributed by atoms with Crippen molar-refractivity contribution >= 4 is 6.09 Å². The van der Waals surface area contributed by atoms with Gasteiger partial charge in [0, 0.05) is 14.9 Å². The highest BCUT2D eigenvalue weighted by Gasteiger charge is 1.92. The molecule has 0 rings (SSSR count). The summed E-state index contributed by atoms with van der Waals surface area (Å²) >= 11 is 0. The van der Waals surface area contributed by atoms with Crippen LogP contribution in [-0.4, -0.2) is 12.8 Å². The van der Waals surface area contributed by atoms with Crippen molar-refractivity contribution in [2.24, 2.45) is 10.2 Å².